The number of furan rings is 1. The molecule has 5 heteroatoms. The molecule has 1 heterocycles. The maximum absolute atomic E-state index is 11.1. The number of anilines is 1. The summed E-state index contributed by atoms with van der Waals surface area (Å²) in [6.07, 6.45) is 0. The van der Waals surface area contributed by atoms with Gasteiger partial charge in [-0.1, -0.05) is 0 Å². The molecule has 1 rings (SSSR count). The molecule has 72 valence electrons. The van der Waals surface area contributed by atoms with Gasteiger partial charge in [0.05, 0.1) is 0 Å². The highest BCUT2D eigenvalue weighted by molar-refractivity contribution is 9.10. The third kappa shape index (κ3) is 3.50. The van der Waals surface area contributed by atoms with E-state index in [1.807, 2.05) is 13.8 Å². The molecule has 0 aliphatic carbocycles. The molecule has 0 fully saturated rings. The second-order valence-electron chi connectivity index (χ2n) is 2.86. The maximum atomic E-state index is 11.1. The Balaban J connectivity index is 2.45. The molecule has 1 aromatic rings. The molecule has 0 aliphatic heterocycles. The van der Waals surface area contributed by atoms with Crippen molar-refractivity contribution in [2.75, 3.05) is 5.32 Å². The highest BCUT2D eigenvalue weighted by Gasteiger charge is 2.05. The van der Waals surface area contributed by atoms with Gasteiger partial charge in [-0.3, -0.25) is 5.32 Å². The highest BCUT2D eigenvalue weighted by Crippen LogP contribution is 2.17. The lowest BCUT2D eigenvalue weighted by atomic mass is 10.4. The Morgan fingerprint density at radius 1 is 1.54 bits per heavy atom. The number of rotatable bonds is 2. The molecule has 0 atom stereocenters. The van der Waals surface area contributed by atoms with Crippen molar-refractivity contribution in [3.05, 3.63) is 16.8 Å². The Labute approximate surface area is 84.8 Å². The molecule has 13 heavy (non-hydrogen) atoms. The number of carbonyl (C=O) groups excluding carboxylic acids is 1. The predicted molar refractivity (Wildman–Crippen MR) is 53.7 cm³/mol. The number of hydrogen-bond donors (Lipinski definition) is 2. The summed E-state index contributed by atoms with van der Waals surface area (Å²) in [5, 5.41) is 5.22. The first kappa shape index (κ1) is 10.1. The lowest BCUT2D eigenvalue weighted by Gasteiger charge is -2.07. The number of carbonyl (C=O) groups is 1. The molecule has 1 aromatic heterocycles. The maximum Gasteiger partial charge on any atom is 0.321 e. The SMILES string of the molecule is CC(C)NC(=O)Nc1ccc(Br)o1. The molecule has 2 N–H and O–H groups in total. The van der Waals surface area contributed by atoms with Crippen LogP contribution in [0.25, 0.3) is 0 Å². The first-order valence-electron chi connectivity index (χ1n) is 3.91. The average Bonchev–Trinajstić information content (AvgIpc) is 2.33. The van der Waals surface area contributed by atoms with Crippen LogP contribution in [0.4, 0.5) is 10.7 Å². The monoisotopic (exact) mass is 246 g/mol. The molecule has 0 spiro atoms. The number of halogens is 1. The van der Waals surface area contributed by atoms with Crippen LogP contribution >= 0.6 is 15.9 Å². The Kier molecular flexibility index (Phi) is 3.36. The van der Waals surface area contributed by atoms with Crippen molar-refractivity contribution in [2.45, 2.75) is 19.9 Å². The van der Waals surface area contributed by atoms with Gasteiger partial charge in [-0.25, -0.2) is 4.79 Å². The Morgan fingerprint density at radius 2 is 2.23 bits per heavy atom. The van der Waals surface area contributed by atoms with E-state index in [1.165, 1.54) is 0 Å². The fourth-order valence-electron chi connectivity index (χ4n) is 0.792. The standard InChI is InChI=1S/C8H11BrN2O2/c1-5(2)10-8(12)11-7-4-3-6(9)13-7/h3-5H,1-2H3,(H2,10,11,12). The van der Waals surface area contributed by atoms with Crippen molar-refractivity contribution in [1.82, 2.24) is 5.32 Å². The zero-order valence-electron chi connectivity index (χ0n) is 7.43. The Morgan fingerprint density at radius 3 is 2.69 bits per heavy atom. The minimum atomic E-state index is -0.267. The molecule has 0 aromatic carbocycles. The van der Waals surface area contributed by atoms with E-state index < -0.39 is 0 Å². The zero-order chi connectivity index (χ0) is 9.84. The minimum Gasteiger partial charge on any atom is -0.434 e. The lowest BCUT2D eigenvalue weighted by Crippen LogP contribution is -2.33. The largest absolute Gasteiger partial charge is 0.434 e. The van der Waals surface area contributed by atoms with Crippen LogP contribution in [-0.4, -0.2) is 12.1 Å². The molecule has 2 amide bonds. The Bertz CT molecular complexity index is 296. The van der Waals surface area contributed by atoms with Gasteiger partial charge < -0.3 is 9.73 Å². The van der Waals surface area contributed by atoms with E-state index in [9.17, 15) is 4.79 Å². The van der Waals surface area contributed by atoms with E-state index in [4.69, 9.17) is 4.42 Å². The number of hydrogen-bond acceptors (Lipinski definition) is 2. The number of amides is 2. The van der Waals surface area contributed by atoms with Crippen LogP contribution < -0.4 is 10.6 Å². The van der Waals surface area contributed by atoms with Crippen molar-refractivity contribution >= 4 is 27.8 Å². The normalized spacial score (nSPS) is 10.2. The summed E-state index contributed by atoms with van der Waals surface area (Å²) in [6, 6.07) is 3.23. The van der Waals surface area contributed by atoms with Gasteiger partial charge in [0.2, 0.25) is 5.88 Å². The van der Waals surface area contributed by atoms with E-state index >= 15 is 0 Å². The average molecular weight is 247 g/mol. The van der Waals surface area contributed by atoms with E-state index in [2.05, 4.69) is 26.6 Å². The summed E-state index contributed by atoms with van der Waals surface area (Å²) >= 11 is 3.13. The lowest BCUT2D eigenvalue weighted by molar-refractivity contribution is 0.249. The van der Waals surface area contributed by atoms with Crippen molar-refractivity contribution in [3.63, 3.8) is 0 Å². The smallest absolute Gasteiger partial charge is 0.321 e. The number of nitrogens with one attached hydrogen (secondary N) is 2. The number of urea groups is 1. The summed E-state index contributed by atoms with van der Waals surface area (Å²) in [4.78, 5) is 11.1. The van der Waals surface area contributed by atoms with Gasteiger partial charge in [0.15, 0.2) is 4.67 Å². The fraction of sp³-hybridized carbons (Fsp3) is 0.375. The quantitative estimate of drug-likeness (QED) is 0.843. The van der Waals surface area contributed by atoms with Crippen LogP contribution in [0.15, 0.2) is 21.2 Å². The third-order valence-electron chi connectivity index (χ3n) is 1.23. The van der Waals surface area contributed by atoms with Crippen LogP contribution in [0.2, 0.25) is 0 Å². The van der Waals surface area contributed by atoms with Crippen molar-refractivity contribution in [2.24, 2.45) is 0 Å². The van der Waals surface area contributed by atoms with Gasteiger partial charge in [0, 0.05) is 12.1 Å². The first-order valence-corrected chi connectivity index (χ1v) is 4.70. The Hall–Kier alpha value is -0.970. The minimum absolute atomic E-state index is 0.110. The first-order chi connectivity index (χ1) is 6.08. The molecular weight excluding hydrogens is 236 g/mol. The van der Waals surface area contributed by atoms with Gasteiger partial charge in [-0.05, 0) is 35.8 Å². The van der Waals surface area contributed by atoms with E-state index in [0.717, 1.165) is 0 Å². The molecular formula is C8H11BrN2O2. The van der Waals surface area contributed by atoms with Crippen LogP contribution in [0, 0.1) is 0 Å². The van der Waals surface area contributed by atoms with Crippen molar-refractivity contribution < 1.29 is 9.21 Å². The second kappa shape index (κ2) is 4.32. The predicted octanol–water partition coefficient (Wildman–Crippen LogP) is 2.57. The molecule has 4 nitrogen and oxygen atoms in total. The van der Waals surface area contributed by atoms with Gasteiger partial charge in [0.1, 0.15) is 0 Å². The molecule has 0 aliphatic rings. The zero-order valence-corrected chi connectivity index (χ0v) is 9.01. The highest BCUT2D eigenvalue weighted by atomic mass is 79.9. The molecule has 0 radical (unpaired) electrons. The third-order valence-corrected chi connectivity index (χ3v) is 1.66. The topological polar surface area (TPSA) is 54.3 Å². The van der Waals surface area contributed by atoms with Crippen LogP contribution in [0.1, 0.15) is 13.8 Å². The fourth-order valence-corrected chi connectivity index (χ4v) is 1.10. The van der Waals surface area contributed by atoms with Gasteiger partial charge in [-0.2, -0.15) is 0 Å². The van der Waals surface area contributed by atoms with Gasteiger partial charge in [0.25, 0.3) is 0 Å². The summed E-state index contributed by atoms with van der Waals surface area (Å²) < 4.78 is 5.67. The van der Waals surface area contributed by atoms with Gasteiger partial charge in [-0.15, -0.1) is 0 Å². The molecule has 0 bridgehead atoms. The second-order valence-corrected chi connectivity index (χ2v) is 3.64. The van der Waals surface area contributed by atoms with Crippen molar-refractivity contribution in [1.29, 1.82) is 0 Å². The van der Waals surface area contributed by atoms with Gasteiger partial charge >= 0.3 is 6.03 Å². The summed E-state index contributed by atoms with van der Waals surface area (Å²) in [6.45, 7) is 3.77. The molecule has 0 unspecified atom stereocenters. The van der Waals surface area contributed by atoms with E-state index in [-0.39, 0.29) is 12.1 Å². The van der Waals surface area contributed by atoms with Crippen molar-refractivity contribution in [3.8, 4) is 0 Å². The molecule has 0 saturated carbocycles. The molecule has 0 saturated heterocycles. The summed E-state index contributed by atoms with van der Waals surface area (Å²) in [5.74, 6) is 0.421. The van der Waals surface area contributed by atoms with E-state index in [0.29, 0.717) is 10.6 Å². The summed E-state index contributed by atoms with van der Waals surface area (Å²) in [5.41, 5.74) is 0. The van der Waals surface area contributed by atoms with Crippen LogP contribution in [0.3, 0.4) is 0 Å². The van der Waals surface area contributed by atoms with Crippen LogP contribution in [0.5, 0.6) is 0 Å². The summed E-state index contributed by atoms with van der Waals surface area (Å²) in [7, 11) is 0. The van der Waals surface area contributed by atoms with E-state index in [1.54, 1.807) is 12.1 Å². The van der Waals surface area contributed by atoms with Crippen LogP contribution in [-0.2, 0) is 0 Å².